The number of nitrogens with one attached hydrogen (secondary N) is 1. The van der Waals surface area contributed by atoms with E-state index < -0.39 is 15.3 Å². The van der Waals surface area contributed by atoms with E-state index in [-0.39, 0.29) is 0 Å². The second-order valence-electron chi connectivity index (χ2n) is 3.71. The van der Waals surface area contributed by atoms with Gasteiger partial charge in [0.05, 0.1) is 5.25 Å². The Balaban J connectivity index is 3.00. The third-order valence-corrected chi connectivity index (χ3v) is 4.14. The molecule has 1 aromatic carbocycles. The zero-order valence-electron chi connectivity index (χ0n) is 8.91. The number of rotatable bonds is 3. The molecule has 0 spiro atoms. The molecular formula is C10H14BrNO2S. The van der Waals surface area contributed by atoms with E-state index in [9.17, 15) is 8.42 Å². The van der Waals surface area contributed by atoms with Crippen molar-refractivity contribution in [3.8, 4) is 0 Å². The number of aryl methyl sites for hydroxylation is 1. The summed E-state index contributed by atoms with van der Waals surface area (Å²) in [5, 5.41) is -0.434. The fourth-order valence-electron chi connectivity index (χ4n) is 1.08. The van der Waals surface area contributed by atoms with E-state index in [1.165, 1.54) is 0 Å². The van der Waals surface area contributed by atoms with Gasteiger partial charge >= 0.3 is 0 Å². The molecule has 1 N–H and O–H groups in total. The summed E-state index contributed by atoms with van der Waals surface area (Å²) in [6.07, 6.45) is 0. The van der Waals surface area contributed by atoms with Crippen LogP contribution in [0.25, 0.3) is 0 Å². The Morgan fingerprint density at radius 1 is 1.27 bits per heavy atom. The van der Waals surface area contributed by atoms with E-state index in [0.717, 1.165) is 10.0 Å². The second kappa shape index (κ2) is 4.53. The van der Waals surface area contributed by atoms with Gasteiger partial charge in [-0.3, -0.25) is 4.72 Å². The molecule has 0 saturated heterocycles. The molecule has 3 nitrogen and oxygen atoms in total. The van der Waals surface area contributed by atoms with Crippen LogP contribution in [0.15, 0.2) is 22.7 Å². The minimum absolute atomic E-state index is 0.434. The average Bonchev–Trinajstić information content (AvgIpc) is 1.99. The van der Waals surface area contributed by atoms with Crippen molar-refractivity contribution < 1.29 is 8.42 Å². The maximum Gasteiger partial charge on any atom is 0.235 e. The lowest BCUT2D eigenvalue weighted by atomic mass is 10.2. The number of sulfonamides is 1. The van der Waals surface area contributed by atoms with E-state index >= 15 is 0 Å². The van der Waals surface area contributed by atoms with E-state index in [2.05, 4.69) is 20.7 Å². The topological polar surface area (TPSA) is 46.2 Å². The van der Waals surface area contributed by atoms with Crippen molar-refractivity contribution in [1.29, 1.82) is 0 Å². The zero-order chi connectivity index (χ0) is 11.6. The summed E-state index contributed by atoms with van der Waals surface area (Å²) >= 11 is 3.32. The fourth-order valence-corrected chi connectivity index (χ4v) is 2.37. The minimum Gasteiger partial charge on any atom is -0.283 e. The molecule has 1 aromatic rings. The molecule has 0 fully saturated rings. The highest BCUT2D eigenvalue weighted by Gasteiger charge is 2.15. The standard InChI is InChI=1S/C10H14BrNO2S/c1-7(2)15(13,14)12-10-5-8(3)4-9(11)6-10/h4-7,12H,1-3H3. The van der Waals surface area contributed by atoms with Crippen LogP contribution in [-0.2, 0) is 10.0 Å². The molecule has 0 aliphatic rings. The third kappa shape index (κ3) is 3.50. The molecule has 0 aromatic heterocycles. The first kappa shape index (κ1) is 12.5. The van der Waals surface area contributed by atoms with Crippen molar-refractivity contribution in [3.05, 3.63) is 28.2 Å². The summed E-state index contributed by atoms with van der Waals surface area (Å²) in [4.78, 5) is 0. The molecule has 0 unspecified atom stereocenters. The first-order valence-corrected chi connectivity index (χ1v) is 6.94. The van der Waals surface area contributed by atoms with Crippen LogP contribution in [0.5, 0.6) is 0 Å². The van der Waals surface area contributed by atoms with E-state index in [0.29, 0.717) is 5.69 Å². The molecule has 5 heteroatoms. The molecule has 0 heterocycles. The molecule has 15 heavy (non-hydrogen) atoms. The number of benzene rings is 1. The van der Waals surface area contributed by atoms with Crippen molar-refractivity contribution in [3.63, 3.8) is 0 Å². The van der Waals surface area contributed by atoms with Gasteiger partial charge in [0, 0.05) is 10.2 Å². The largest absolute Gasteiger partial charge is 0.283 e. The first-order chi connectivity index (χ1) is 6.81. The highest BCUT2D eigenvalue weighted by atomic mass is 79.9. The van der Waals surface area contributed by atoms with Crippen molar-refractivity contribution in [2.75, 3.05) is 4.72 Å². The van der Waals surface area contributed by atoms with Crippen molar-refractivity contribution in [2.24, 2.45) is 0 Å². The SMILES string of the molecule is Cc1cc(Br)cc(NS(=O)(=O)C(C)C)c1. The van der Waals surface area contributed by atoms with Crippen LogP contribution in [0.4, 0.5) is 5.69 Å². The van der Waals surface area contributed by atoms with Gasteiger partial charge in [0.2, 0.25) is 10.0 Å². The molecule has 84 valence electrons. The number of halogens is 1. The van der Waals surface area contributed by atoms with Crippen LogP contribution in [0, 0.1) is 6.92 Å². The Kier molecular flexibility index (Phi) is 3.78. The molecule has 0 atom stereocenters. The zero-order valence-corrected chi connectivity index (χ0v) is 11.3. The summed E-state index contributed by atoms with van der Waals surface area (Å²) in [5.41, 5.74) is 1.60. The predicted molar refractivity (Wildman–Crippen MR) is 66.6 cm³/mol. The van der Waals surface area contributed by atoms with Gasteiger partial charge in [-0.15, -0.1) is 0 Å². The number of hydrogen-bond acceptors (Lipinski definition) is 2. The van der Waals surface area contributed by atoms with Gasteiger partial charge in [-0.2, -0.15) is 0 Å². The molecule has 0 radical (unpaired) electrons. The van der Waals surface area contributed by atoms with E-state index in [4.69, 9.17) is 0 Å². The van der Waals surface area contributed by atoms with Crippen molar-refractivity contribution >= 4 is 31.6 Å². The Hall–Kier alpha value is -0.550. The highest BCUT2D eigenvalue weighted by Crippen LogP contribution is 2.20. The average molecular weight is 292 g/mol. The van der Waals surface area contributed by atoms with Crippen molar-refractivity contribution in [1.82, 2.24) is 0 Å². The summed E-state index contributed by atoms with van der Waals surface area (Å²) < 4.78 is 26.6. The Labute approximate surface area is 99.1 Å². The number of anilines is 1. The van der Waals surface area contributed by atoms with E-state index in [1.54, 1.807) is 26.0 Å². The normalized spacial score (nSPS) is 11.8. The molecule has 0 aliphatic heterocycles. The van der Waals surface area contributed by atoms with Gasteiger partial charge in [-0.05, 0) is 44.5 Å². The van der Waals surface area contributed by atoms with Crippen LogP contribution in [0.2, 0.25) is 0 Å². The van der Waals surface area contributed by atoms with Crippen LogP contribution in [-0.4, -0.2) is 13.7 Å². The smallest absolute Gasteiger partial charge is 0.235 e. The van der Waals surface area contributed by atoms with Gasteiger partial charge in [-0.25, -0.2) is 8.42 Å². The molecule has 0 amide bonds. The molecule has 0 bridgehead atoms. The van der Waals surface area contributed by atoms with Gasteiger partial charge in [-0.1, -0.05) is 15.9 Å². The Morgan fingerprint density at radius 3 is 2.33 bits per heavy atom. The van der Waals surface area contributed by atoms with Gasteiger partial charge in [0.15, 0.2) is 0 Å². The molecule has 0 saturated carbocycles. The number of hydrogen-bond donors (Lipinski definition) is 1. The van der Waals surface area contributed by atoms with Gasteiger partial charge in [0.25, 0.3) is 0 Å². The van der Waals surface area contributed by atoms with Gasteiger partial charge in [0.1, 0.15) is 0 Å². The van der Waals surface area contributed by atoms with Crippen LogP contribution in [0.1, 0.15) is 19.4 Å². The Morgan fingerprint density at radius 2 is 1.87 bits per heavy atom. The van der Waals surface area contributed by atoms with Gasteiger partial charge < -0.3 is 0 Å². The molecule has 0 aliphatic carbocycles. The maximum atomic E-state index is 11.6. The predicted octanol–water partition coefficient (Wildman–Crippen LogP) is 2.91. The lowest BCUT2D eigenvalue weighted by Gasteiger charge is -2.11. The van der Waals surface area contributed by atoms with Crippen LogP contribution >= 0.6 is 15.9 Å². The fraction of sp³-hybridized carbons (Fsp3) is 0.400. The van der Waals surface area contributed by atoms with E-state index in [1.807, 2.05) is 13.0 Å². The third-order valence-electron chi connectivity index (χ3n) is 1.92. The van der Waals surface area contributed by atoms with Crippen LogP contribution in [0.3, 0.4) is 0 Å². The second-order valence-corrected chi connectivity index (χ2v) is 6.87. The quantitative estimate of drug-likeness (QED) is 0.931. The lowest BCUT2D eigenvalue weighted by Crippen LogP contribution is -2.22. The summed E-state index contributed by atoms with van der Waals surface area (Å²) in [6, 6.07) is 5.46. The molecule has 1 rings (SSSR count). The summed E-state index contributed by atoms with van der Waals surface area (Å²) in [7, 11) is -3.26. The molecular weight excluding hydrogens is 278 g/mol. The van der Waals surface area contributed by atoms with Crippen LogP contribution < -0.4 is 4.72 Å². The summed E-state index contributed by atoms with van der Waals surface area (Å²) in [6.45, 7) is 5.21. The first-order valence-electron chi connectivity index (χ1n) is 4.60. The highest BCUT2D eigenvalue weighted by molar-refractivity contribution is 9.10. The lowest BCUT2D eigenvalue weighted by molar-refractivity contribution is 0.593. The summed E-state index contributed by atoms with van der Waals surface area (Å²) in [5.74, 6) is 0. The maximum absolute atomic E-state index is 11.6. The van der Waals surface area contributed by atoms with Crippen molar-refractivity contribution in [2.45, 2.75) is 26.0 Å². The minimum atomic E-state index is -3.26. The monoisotopic (exact) mass is 291 g/mol. The Bertz CT molecular complexity index is 434.